The summed E-state index contributed by atoms with van der Waals surface area (Å²) in [5, 5.41) is 12.4. The second-order valence-corrected chi connectivity index (χ2v) is 5.16. The van der Waals surface area contributed by atoms with Gasteiger partial charge < -0.3 is 14.8 Å². The van der Waals surface area contributed by atoms with E-state index in [1.165, 1.54) is 6.26 Å². The van der Waals surface area contributed by atoms with E-state index in [0.29, 0.717) is 5.76 Å². The topological polar surface area (TPSA) is 62.5 Å². The highest BCUT2D eigenvalue weighted by Crippen LogP contribution is 2.37. The molecule has 1 aliphatic carbocycles. The van der Waals surface area contributed by atoms with Crippen molar-refractivity contribution in [2.75, 3.05) is 6.61 Å². The van der Waals surface area contributed by atoms with Crippen molar-refractivity contribution >= 4 is 5.91 Å². The molecule has 1 fully saturated rings. The maximum atomic E-state index is 12.0. The van der Waals surface area contributed by atoms with Gasteiger partial charge in [0.25, 0.3) is 5.91 Å². The SMILES string of the molecule is Cc1ccoc1C(=O)NC1CCCC1(C)CO. The Morgan fingerprint density at radius 3 is 3.06 bits per heavy atom. The van der Waals surface area contributed by atoms with Crippen LogP contribution in [0.5, 0.6) is 0 Å². The second kappa shape index (κ2) is 4.53. The van der Waals surface area contributed by atoms with Crippen LogP contribution in [-0.4, -0.2) is 23.7 Å². The Bertz CT molecular complexity index is 413. The summed E-state index contributed by atoms with van der Waals surface area (Å²) in [6, 6.07) is 1.80. The minimum Gasteiger partial charge on any atom is -0.459 e. The van der Waals surface area contributed by atoms with Crippen LogP contribution in [0, 0.1) is 12.3 Å². The molecule has 0 spiro atoms. The quantitative estimate of drug-likeness (QED) is 0.843. The van der Waals surface area contributed by atoms with Gasteiger partial charge in [-0.2, -0.15) is 0 Å². The number of nitrogens with one attached hydrogen (secondary N) is 1. The fourth-order valence-electron chi connectivity index (χ4n) is 2.50. The highest BCUT2D eigenvalue weighted by atomic mass is 16.3. The number of amides is 1. The van der Waals surface area contributed by atoms with E-state index in [1.54, 1.807) is 6.07 Å². The predicted molar refractivity (Wildman–Crippen MR) is 63.7 cm³/mol. The summed E-state index contributed by atoms with van der Waals surface area (Å²) in [6.07, 6.45) is 4.43. The Hall–Kier alpha value is -1.29. The number of carbonyl (C=O) groups is 1. The first-order valence-corrected chi connectivity index (χ1v) is 6.02. The van der Waals surface area contributed by atoms with Gasteiger partial charge in [0.2, 0.25) is 0 Å². The molecule has 0 aliphatic heterocycles. The molecule has 1 amide bonds. The number of furan rings is 1. The van der Waals surface area contributed by atoms with Gasteiger partial charge >= 0.3 is 0 Å². The van der Waals surface area contributed by atoms with E-state index >= 15 is 0 Å². The zero-order valence-electron chi connectivity index (χ0n) is 10.3. The van der Waals surface area contributed by atoms with Crippen LogP contribution in [0.1, 0.15) is 42.3 Å². The maximum absolute atomic E-state index is 12.0. The maximum Gasteiger partial charge on any atom is 0.287 e. The van der Waals surface area contributed by atoms with E-state index in [-0.39, 0.29) is 24.0 Å². The van der Waals surface area contributed by atoms with Gasteiger partial charge in [-0.1, -0.05) is 13.3 Å². The molecule has 0 saturated heterocycles. The minimum atomic E-state index is -0.198. The number of hydrogen-bond donors (Lipinski definition) is 2. The number of aryl methyl sites for hydroxylation is 1. The monoisotopic (exact) mass is 237 g/mol. The van der Waals surface area contributed by atoms with Gasteiger partial charge in [-0.25, -0.2) is 0 Å². The summed E-state index contributed by atoms with van der Waals surface area (Å²) in [7, 11) is 0. The molecule has 17 heavy (non-hydrogen) atoms. The molecular weight excluding hydrogens is 218 g/mol. The van der Waals surface area contributed by atoms with Crippen LogP contribution in [0.3, 0.4) is 0 Å². The zero-order valence-corrected chi connectivity index (χ0v) is 10.3. The Morgan fingerprint density at radius 2 is 2.47 bits per heavy atom. The molecule has 1 heterocycles. The molecule has 4 heteroatoms. The van der Waals surface area contributed by atoms with Gasteiger partial charge in [0, 0.05) is 17.0 Å². The summed E-state index contributed by atoms with van der Waals surface area (Å²) in [5.41, 5.74) is 0.641. The molecule has 2 unspecified atom stereocenters. The van der Waals surface area contributed by atoms with Gasteiger partial charge in [0.05, 0.1) is 12.9 Å². The van der Waals surface area contributed by atoms with Crippen LogP contribution >= 0.6 is 0 Å². The van der Waals surface area contributed by atoms with E-state index in [9.17, 15) is 9.90 Å². The number of aliphatic hydroxyl groups excluding tert-OH is 1. The number of rotatable bonds is 3. The van der Waals surface area contributed by atoms with E-state index in [1.807, 2.05) is 13.8 Å². The van der Waals surface area contributed by atoms with Crippen molar-refractivity contribution in [1.82, 2.24) is 5.32 Å². The van der Waals surface area contributed by atoms with Crippen molar-refractivity contribution < 1.29 is 14.3 Å². The Morgan fingerprint density at radius 1 is 1.71 bits per heavy atom. The van der Waals surface area contributed by atoms with Gasteiger partial charge in [-0.3, -0.25) is 4.79 Å². The third kappa shape index (κ3) is 2.22. The van der Waals surface area contributed by atoms with E-state index < -0.39 is 0 Å². The Balaban J connectivity index is 2.07. The van der Waals surface area contributed by atoms with Crippen LogP contribution in [-0.2, 0) is 0 Å². The lowest BCUT2D eigenvalue weighted by atomic mass is 9.86. The molecule has 0 radical (unpaired) electrons. The molecule has 1 aromatic rings. The number of aliphatic hydroxyl groups is 1. The van der Waals surface area contributed by atoms with Crippen LogP contribution in [0.2, 0.25) is 0 Å². The summed E-state index contributed by atoms with van der Waals surface area (Å²) >= 11 is 0. The smallest absolute Gasteiger partial charge is 0.287 e. The summed E-state index contributed by atoms with van der Waals surface area (Å²) in [5.74, 6) is 0.191. The minimum absolute atomic E-state index is 0.0319. The van der Waals surface area contributed by atoms with Gasteiger partial charge in [-0.15, -0.1) is 0 Å². The first kappa shape index (κ1) is 12.2. The van der Waals surface area contributed by atoms with Crippen molar-refractivity contribution in [3.63, 3.8) is 0 Å². The van der Waals surface area contributed by atoms with Gasteiger partial charge in [-0.05, 0) is 25.8 Å². The molecule has 4 nitrogen and oxygen atoms in total. The third-order valence-electron chi connectivity index (χ3n) is 3.82. The molecule has 2 atom stereocenters. The summed E-state index contributed by atoms with van der Waals surface area (Å²) < 4.78 is 5.16. The lowest BCUT2D eigenvalue weighted by Gasteiger charge is -2.29. The van der Waals surface area contributed by atoms with Crippen molar-refractivity contribution in [3.05, 3.63) is 23.7 Å². The molecule has 2 rings (SSSR count). The molecule has 94 valence electrons. The van der Waals surface area contributed by atoms with Crippen molar-refractivity contribution in [3.8, 4) is 0 Å². The molecule has 1 aromatic heterocycles. The Kier molecular flexibility index (Phi) is 3.24. The number of carbonyl (C=O) groups excluding carboxylic acids is 1. The normalized spacial score (nSPS) is 28.3. The van der Waals surface area contributed by atoms with Crippen LogP contribution in [0.15, 0.2) is 16.7 Å². The molecule has 0 aromatic carbocycles. The predicted octanol–water partition coefficient (Wildman–Crippen LogP) is 1.87. The second-order valence-electron chi connectivity index (χ2n) is 5.16. The summed E-state index contributed by atoms with van der Waals surface area (Å²) in [6.45, 7) is 3.97. The largest absolute Gasteiger partial charge is 0.459 e. The van der Waals surface area contributed by atoms with E-state index in [2.05, 4.69) is 5.32 Å². The standard InChI is InChI=1S/C13H19NO3/c1-9-5-7-17-11(9)12(16)14-10-4-3-6-13(10,2)8-15/h5,7,10,15H,3-4,6,8H2,1-2H3,(H,14,16). The average molecular weight is 237 g/mol. The molecule has 1 saturated carbocycles. The van der Waals surface area contributed by atoms with Crippen LogP contribution in [0.4, 0.5) is 0 Å². The number of hydrogen-bond acceptors (Lipinski definition) is 3. The zero-order chi connectivity index (χ0) is 12.5. The fourth-order valence-corrected chi connectivity index (χ4v) is 2.50. The third-order valence-corrected chi connectivity index (χ3v) is 3.82. The van der Waals surface area contributed by atoms with E-state index in [0.717, 1.165) is 24.8 Å². The highest BCUT2D eigenvalue weighted by Gasteiger charge is 2.39. The lowest BCUT2D eigenvalue weighted by Crippen LogP contribution is -2.44. The van der Waals surface area contributed by atoms with Crippen LogP contribution in [0.25, 0.3) is 0 Å². The fraction of sp³-hybridized carbons (Fsp3) is 0.615. The average Bonchev–Trinajstić information content (AvgIpc) is 2.87. The Labute approximate surface area is 101 Å². The van der Waals surface area contributed by atoms with Crippen molar-refractivity contribution in [2.45, 2.75) is 39.2 Å². The first-order chi connectivity index (χ1) is 8.07. The van der Waals surface area contributed by atoms with Crippen molar-refractivity contribution in [1.29, 1.82) is 0 Å². The summed E-state index contributed by atoms with van der Waals surface area (Å²) in [4.78, 5) is 12.0. The van der Waals surface area contributed by atoms with Gasteiger partial charge in [0.1, 0.15) is 0 Å². The molecule has 1 aliphatic rings. The van der Waals surface area contributed by atoms with Crippen molar-refractivity contribution in [2.24, 2.45) is 5.41 Å². The van der Waals surface area contributed by atoms with Crippen LogP contribution < -0.4 is 5.32 Å². The molecule has 2 N–H and O–H groups in total. The molecular formula is C13H19NO3. The first-order valence-electron chi connectivity index (χ1n) is 6.02. The lowest BCUT2D eigenvalue weighted by molar-refractivity contribution is 0.0805. The van der Waals surface area contributed by atoms with E-state index in [4.69, 9.17) is 4.42 Å². The molecule has 0 bridgehead atoms. The highest BCUT2D eigenvalue weighted by molar-refractivity contribution is 5.93. The van der Waals surface area contributed by atoms with Gasteiger partial charge in [0.15, 0.2) is 5.76 Å².